The Morgan fingerprint density at radius 2 is 2.21 bits per heavy atom. The number of hydrogen-bond acceptors (Lipinski definition) is 6. The van der Waals surface area contributed by atoms with E-state index in [2.05, 4.69) is 15.5 Å². The van der Waals surface area contributed by atoms with Crippen molar-refractivity contribution < 1.29 is 19.4 Å². The minimum atomic E-state index is -0.923. The molecule has 1 aliphatic heterocycles. The van der Waals surface area contributed by atoms with Crippen LogP contribution in [-0.4, -0.2) is 44.4 Å². The number of hydrogen-bond donors (Lipinski definition) is 2. The first kappa shape index (κ1) is 17.2. The van der Waals surface area contributed by atoms with Gasteiger partial charge in [0.2, 0.25) is 0 Å². The number of alkyl carbamates (subject to hydrolysis) is 1. The number of rotatable bonds is 3. The zero-order valence-electron chi connectivity index (χ0n) is 14.5. The SMILES string of the molecule is CC(C)(C)OC(=O)N[C@@H]1CC[C@@H](c2cnn(C3(O)CCC3)n2)OC1. The van der Waals surface area contributed by atoms with Gasteiger partial charge in [-0.2, -0.15) is 15.0 Å². The van der Waals surface area contributed by atoms with Gasteiger partial charge in [0.1, 0.15) is 17.4 Å². The molecular formula is C16H26N4O4. The lowest BCUT2D eigenvalue weighted by Gasteiger charge is -2.35. The zero-order valence-corrected chi connectivity index (χ0v) is 14.5. The molecule has 24 heavy (non-hydrogen) atoms. The Kier molecular flexibility index (Phi) is 4.52. The highest BCUT2D eigenvalue weighted by atomic mass is 16.6. The quantitative estimate of drug-likeness (QED) is 0.873. The maximum atomic E-state index is 11.8. The molecule has 8 nitrogen and oxygen atoms in total. The van der Waals surface area contributed by atoms with E-state index in [0.29, 0.717) is 19.4 Å². The van der Waals surface area contributed by atoms with Crippen molar-refractivity contribution in [1.29, 1.82) is 0 Å². The van der Waals surface area contributed by atoms with Gasteiger partial charge in [-0.3, -0.25) is 0 Å². The van der Waals surface area contributed by atoms with E-state index in [-0.39, 0.29) is 12.1 Å². The van der Waals surface area contributed by atoms with Crippen molar-refractivity contribution in [2.75, 3.05) is 6.61 Å². The third kappa shape index (κ3) is 3.87. The predicted molar refractivity (Wildman–Crippen MR) is 85.2 cm³/mol. The largest absolute Gasteiger partial charge is 0.444 e. The fraction of sp³-hybridized carbons (Fsp3) is 0.812. The van der Waals surface area contributed by atoms with Crippen molar-refractivity contribution in [3.05, 3.63) is 11.9 Å². The number of carbonyl (C=O) groups excluding carboxylic acids is 1. The summed E-state index contributed by atoms with van der Waals surface area (Å²) in [6.45, 7) is 5.90. The summed E-state index contributed by atoms with van der Waals surface area (Å²) >= 11 is 0. The summed E-state index contributed by atoms with van der Waals surface area (Å²) in [5.74, 6) is 0. The third-order valence-corrected chi connectivity index (χ3v) is 4.36. The Labute approximate surface area is 141 Å². The molecule has 2 atom stereocenters. The lowest BCUT2D eigenvalue weighted by molar-refractivity contribution is -0.127. The highest BCUT2D eigenvalue weighted by Crippen LogP contribution is 2.36. The van der Waals surface area contributed by atoms with Gasteiger partial charge in [0.05, 0.1) is 18.8 Å². The van der Waals surface area contributed by atoms with Crippen LogP contribution in [0.5, 0.6) is 0 Å². The van der Waals surface area contributed by atoms with Gasteiger partial charge in [0.15, 0.2) is 5.72 Å². The molecule has 1 aliphatic carbocycles. The Balaban J connectivity index is 1.49. The Hall–Kier alpha value is -1.67. The van der Waals surface area contributed by atoms with Crippen LogP contribution in [0.4, 0.5) is 4.79 Å². The Morgan fingerprint density at radius 1 is 1.46 bits per heavy atom. The highest BCUT2D eigenvalue weighted by Gasteiger charge is 2.39. The molecule has 3 rings (SSSR count). The molecule has 0 radical (unpaired) electrons. The summed E-state index contributed by atoms with van der Waals surface area (Å²) in [6, 6.07) is -0.0676. The minimum absolute atomic E-state index is 0.0676. The number of nitrogens with zero attached hydrogens (tertiary/aromatic N) is 3. The molecule has 2 N–H and O–H groups in total. The molecule has 1 amide bonds. The van der Waals surface area contributed by atoms with Gasteiger partial charge >= 0.3 is 6.09 Å². The highest BCUT2D eigenvalue weighted by molar-refractivity contribution is 5.68. The lowest BCUT2D eigenvalue weighted by Crippen LogP contribution is -2.44. The first-order chi connectivity index (χ1) is 11.3. The summed E-state index contributed by atoms with van der Waals surface area (Å²) in [4.78, 5) is 13.2. The van der Waals surface area contributed by atoms with Gasteiger partial charge in [-0.25, -0.2) is 4.79 Å². The van der Waals surface area contributed by atoms with Crippen LogP contribution in [0.3, 0.4) is 0 Å². The Morgan fingerprint density at radius 3 is 2.75 bits per heavy atom. The van der Waals surface area contributed by atoms with E-state index in [4.69, 9.17) is 9.47 Å². The maximum Gasteiger partial charge on any atom is 0.407 e. The monoisotopic (exact) mass is 338 g/mol. The van der Waals surface area contributed by atoms with Crippen molar-refractivity contribution in [2.24, 2.45) is 0 Å². The zero-order chi connectivity index (χ0) is 17.4. The summed E-state index contributed by atoms with van der Waals surface area (Å²) < 4.78 is 11.1. The number of carbonyl (C=O) groups is 1. The van der Waals surface area contributed by atoms with E-state index in [0.717, 1.165) is 25.0 Å². The molecule has 1 saturated carbocycles. The second-order valence-electron chi connectivity index (χ2n) is 7.64. The standard InChI is InChI=1S/C16H26N4O4/c1-15(2,3)24-14(21)18-11-5-6-13(23-10-11)12-9-17-20(19-12)16(22)7-4-8-16/h9,11,13,22H,4-8,10H2,1-3H3,(H,18,21)/t11-,13+/m1/s1. The van der Waals surface area contributed by atoms with Crippen LogP contribution in [0.1, 0.15) is 64.7 Å². The van der Waals surface area contributed by atoms with Crippen LogP contribution >= 0.6 is 0 Å². The molecule has 0 spiro atoms. The first-order valence-electron chi connectivity index (χ1n) is 8.51. The second kappa shape index (κ2) is 6.33. The summed E-state index contributed by atoms with van der Waals surface area (Å²) in [5, 5.41) is 21.6. The van der Waals surface area contributed by atoms with Gasteiger partial charge < -0.3 is 19.9 Å². The normalized spacial score (nSPS) is 26.5. The van der Waals surface area contributed by atoms with E-state index in [1.807, 2.05) is 20.8 Å². The number of aromatic nitrogens is 3. The molecule has 2 aliphatic rings. The van der Waals surface area contributed by atoms with Crippen molar-refractivity contribution in [3.8, 4) is 0 Å². The van der Waals surface area contributed by atoms with E-state index in [1.165, 1.54) is 4.80 Å². The van der Waals surface area contributed by atoms with Crippen molar-refractivity contribution in [1.82, 2.24) is 20.3 Å². The fourth-order valence-corrected chi connectivity index (χ4v) is 2.89. The number of ether oxygens (including phenoxy) is 2. The molecule has 1 saturated heterocycles. The van der Waals surface area contributed by atoms with Crippen LogP contribution in [0.25, 0.3) is 0 Å². The molecule has 0 unspecified atom stereocenters. The van der Waals surface area contributed by atoms with Crippen LogP contribution < -0.4 is 5.32 Å². The summed E-state index contributed by atoms with van der Waals surface area (Å²) in [5.41, 5.74) is -0.707. The van der Waals surface area contributed by atoms with Crippen LogP contribution in [0, 0.1) is 0 Å². The van der Waals surface area contributed by atoms with Crippen molar-refractivity contribution in [2.45, 2.75) is 76.3 Å². The van der Waals surface area contributed by atoms with Gasteiger partial charge in [-0.15, -0.1) is 0 Å². The lowest BCUT2D eigenvalue weighted by atomic mass is 9.89. The van der Waals surface area contributed by atoms with E-state index in [1.54, 1.807) is 6.20 Å². The van der Waals surface area contributed by atoms with E-state index >= 15 is 0 Å². The van der Waals surface area contributed by atoms with Gasteiger partial charge in [-0.05, 0) is 52.9 Å². The molecule has 1 aromatic rings. The number of nitrogens with one attached hydrogen (secondary N) is 1. The average Bonchev–Trinajstić information content (AvgIpc) is 2.93. The van der Waals surface area contributed by atoms with Crippen molar-refractivity contribution in [3.63, 3.8) is 0 Å². The molecule has 0 bridgehead atoms. The second-order valence-corrected chi connectivity index (χ2v) is 7.64. The van der Waals surface area contributed by atoms with E-state index < -0.39 is 17.4 Å². The van der Waals surface area contributed by atoms with E-state index in [9.17, 15) is 9.90 Å². The topological polar surface area (TPSA) is 98.5 Å². The van der Waals surface area contributed by atoms with Gasteiger partial charge in [0, 0.05) is 0 Å². The predicted octanol–water partition coefficient (Wildman–Crippen LogP) is 1.85. The maximum absolute atomic E-state index is 11.8. The molecular weight excluding hydrogens is 312 g/mol. The van der Waals surface area contributed by atoms with Crippen molar-refractivity contribution >= 4 is 6.09 Å². The molecule has 0 aromatic carbocycles. The summed E-state index contributed by atoms with van der Waals surface area (Å²) in [7, 11) is 0. The molecule has 8 heteroatoms. The van der Waals surface area contributed by atoms with Crippen LogP contribution in [-0.2, 0) is 15.2 Å². The molecule has 134 valence electrons. The van der Waals surface area contributed by atoms with Crippen LogP contribution in [0.15, 0.2) is 6.20 Å². The first-order valence-corrected chi connectivity index (χ1v) is 8.51. The van der Waals surface area contributed by atoms with Crippen LogP contribution in [0.2, 0.25) is 0 Å². The summed E-state index contributed by atoms with van der Waals surface area (Å²) in [6.07, 6.45) is 4.96. The number of amides is 1. The van der Waals surface area contributed by atoms with Gasteiger partial charge in [0.25, 0.3) is 0 Å². The molecule has 2 heterocycles. The average molecular weight is 338 g/mol. The molecule has 1 aromatic heterocycles. The van der Waals surface area contributed by atoms with Gasteiger partial charge in [-0.1, -0.05) is 0 Å². The Bertz CT molecular complexity index is 583. The minimum Gasteiger partial charge on any atom is -0.444 e. The smallest absolute Gasteiger partial charge is 0.407 e. The third-order valence-electron chi connectivity index (χ3n) is 4.36. The molecule has 2 fully saturated rings. The fourth-order valence-electron chi connectivity index (χ4n) is 2.89. The number of aliphatic hydroxyl groups is 1.